The van der Waals surface area contributed by atoms with Gasteiger partial charge in [0.1, 0.15) is 0 Å². The number of hydrogen-bond acceptors (Lipinski definition) is 7. The Bertz CT molecular complexity index is 877. The first-order valence-corrected chi connectivity index (χ1v) is 7.97. The van der Waals surface area contributed by atoms with Crippen LogP contribution in [0.5, 0.6) is 11.5 Å². The monoisotopic (exact) mass is 363 g/mol. The molecule has 0 spiro atoms. The van der Waals surface area contributed by atoms with Crippen molar-refractivity contribution in [2.75, 3.05) is 14.2 Å². The van der Waals surface area contributed by atoms with Gasteiger partial charge >= 0.3 is 5.97 Å². The summed E-state index contributed by atoms with van der Waals surface area (Å²) in [6.07, 6.45) is 0.835. The predicted octanol–water partition coefficient (Wildman–Crippen LogP) is 0.611. The molecule has 0 bridgehead atoms. The third-order valence-corrected chi connectivity index (χ3v) is 3.82. The van der Waals surface area contributed by atoms with Crippen LogP contribution >= 0.6 is 0 Å². The van der Waals surface area contributed by atoms with Crippen molar-refractivity contribution in [3.63, 3.8) is 0 Å². The number of ether oxygens (including phenoxy) is 3. The number of fused-ring (bicyclic) bond motifs is 1. The van der Waals surface area contributed by atoms with E-state index >= 15 is 0 Å². The molecule has 0 unspecified atom stereocenters. The first kappa shape index (κ1) is 19.2. The summed E-state index contributed by atoms with van der Waals surface area (Å²) < 4.78 is 16.7. The number of aromatic nitrogens is 2. The molecule has 1 atom stereocenters. The third kappa shape index (κ3) is 4.29. The Balaban J connectivity index is 2.11. The van der Waals surface area contributed by atoms with E-state index in [1.54, 1.807) is 12.1 Å². The average Bonchev–Trinajstić information content (AvgIpc) is 2.62. The maximum Gasteiger partial charge on any atom is 0.306 e. The maximum absolute atomic E-state index is 12.6. The van der Waals surface area contributed by atoms with Crippen LogP contribution in [0.15, 0.2) is 23.3 Å². The molecule has 1 amide bonds. The fourth-order valence-electron chi connectivity index (χ4n) is 2.35. The summed E-state index contributed by atoms with van der Waals surface area (Å²) in [7, 11) is 2.99. The molecule has 1 aromatic carbocycles. The topological polar surface area (TPSA) is 123 Å². The molecular formula is C17H21N3O6. The van der Waals surface area contributed by atoms with Crippen LogP contribution in [0.4, 0.5) is 0 Å². The Kier molecular flexibility index (Phi) is 6.16. The number of methoxy groups -OCH3 is 2. The molecule has 2 aromatic rings. The minimum atomic E-state index is -0.977. The summed E-state index contributed by atoms with van der Waals surface area (Å²) in [4.78, 5) is 39.3. The Hall–Kier alpha value is -3.10. The Morgan fingerprint density at radius 1 is 1.23 bits per heavy atom. The summed E-state index contributed by atoms with van der Waals surface area (Å²) in [5, 5.41) is 0.384. The van der Waals surface area contributed by atoms with E-state index in [-0.39, 0.29) is 18.5 Å². The molecule has 9 nitrogen and oxygen atoms in total. The number of hydrogen-bond donors (Lipinski definition) is 1. The van der Waals surface area contributed by atoms with E-state index in [4.69, 9.17) is 19.9 Å². The fourth-order valence-corrected chi connectivity index (χ4v) is 2.35. The predicted molar refractivity (Wildman–Crippen MR) is 93.1 cm³/mol. The van der Waals surface area contributed by atoms with Gasteiger partial charge in [0.05, 0.1) is 31.4 Å². The molecule has 1 heterocycles. The lowest BCUT2D eigenvalue weighted by atomic mass is 10.2. The van der Waals surface area contributed by atoms with Gasteiger partial charge in [-0.1, -0.05) is 0 Å². The highest BCUT2D eigenvalue weighted by Crippen LogP contribution is 2.29. The molecule has 26 heavy (non-hydrogen) atoms. The van der Waals surface area contributed by atoms with Gasteiger partial charge in [0.2, 0.25) is 0 Å². The first-order chi connectivity index (χ1) is 12.4. The highest BCUT2D eigenvalue weighted by Gasteiger charge is 2.15. The summed E-state index contributed by atoms with van der Waals surface area (Å²) in [6, 6.07) is 3.20. The van der Waals surface area contributed by atoms with Gasteiger partial charge in [-0.3, -0.25) is 19.0 Å². The molecule has 9 heteroatoms. The number of rotatable bonds is 8. The Morgan fingerprint density at radius 2 is 1.88 bits per heavy atom. The fraction of sp³-hybridized carbons (Fsp3) is 0.412. The maximum atomic E-state index is 12.6. The van der Waals surface area contributed by atoms with E-state index in [0.717, 1.165) is 0 Å². The summed E-state index contributed by atoms with van der Waals surface area (Å²) in [5.41, 5.74) is 5.26. The zero-order valence-electron chi connectivity index (χ0n) is 14.9. The number of primary amides is 1. The van der Waals surface area contributed by atoms with Gasteiger partial charge < -0.3 is 19.9 Å². The SMILES string of the molecule is COc1cc2ncn(CCCC(=O)O[C@H](C)C(N)=O)c(=O)c2cc1OC. The van der Waals surface area contributed by atoms with Crippen molar-refractivity contribution in [1.29, 1.82) is 0 Å². The molecule has 0 aliphatic carbocycles. The molecule has 0 fully saturated rings. The molecule has 2 rings (SSSR count). The molecule has 0 aliphatic rings. The van der Waals surface area contributed by atoms with E-state index in [1.807, 2.05) is 0 Å². The van der Waals surface area contributed by atoms with Crippen molar-refractivity contribution in [2.24, 2.45) is 5.73 Å². The van der Waals surface area contributed by atoms with Gasteiger partial charge in [0.15, 0.2) is 17.6 Å². The van der Waals surface area contributed by atoms with Crippen molar-refractivity contribution >= 4 is 22.8 Å². The average molecular weight is 363 g/mol. The van der Waals surface area contributed by atoms with Gasteiger partial charge in [0, 0.05) is 19.0 Å². The standard InChI is InChI=1S/C17H21N3O6/c1-10(16(18)22)26-15(21)5-4-6-20-9-19-12-8-14(25-3)13(24-2)7-11(12)17(20)23/h7-10H,4-6H2,1-3H3,(H2,18,22)/t10-/m1/s1. The second kappa shape index (κ2) is 8.32. The quantitative estimate of drug-likeness (QED) is 0.682. The Labute approximate surface area is 149 Å². The van der Waals surface area contributed by atoms with Crippen LogP contribution in [0, 0.1) is 0 Å². The zero-order valence-corrected chi connectivity index (χ0v) is 14.9. The number of amides is 1. The van der Waals surface area contributed by atoms with E-state index in [9.17, 15) is 14.4 Å². The summed E-state index contributed by atoms with van der Waals surface area (Å²) >= 11 is 0. The van der Waals surface area contributed by atoms with Crippen molar-refractivity contribution in [3.05, 3.63) is 28.8 Å². The number of carbonyl (C=O) groups excluding carboxylic acids is 2. The lowest BCUT2D eigenvalue weighted by molar-refractivity contribution is -0.153. The zero-order chi connectivity index (χ0) is 19.3. The van der Waals surface area contributed by atoms with Gasteiger partial charge in [0.25, 0.3) is 11.5 Å². The van der Waals surface area contributed by atoms with Crippen molar-refractivity contribution in [2.45, 2.75) is 32.4 Å². The third-order valence-electron chi connectivity index (χ3n) is 3.82. The molecule has 0 saturated heterocycles. The first-order valence-electron chi connectivity index (χ1n) is 7.97. The van der Waals surface area contributed by atoms with E-state index < -0.39 is 18.0 Å². The van der Waals surface area contributed by atoms with E-state index in [0.29, 0.717) is 28.8 Å². The largest absolute Gasteiger partial charge is 0.493 e. The van der Waals surface area contributed by atoms with Crippen LogP contribution < -0.4 is 20.8 Å². The van der Waals surface area contributed by atoms with Crippen LogP contribution in [0.1, 0.15) is 19.8 Å². The van der Waals surface area contributed by atoms with Crippen molar-refractivity contribution < 1.29 is 23.8 Å². The summed E-state index contributed by atoms with van der Waals surface area (Å²) in [5.74, 6) is -0.348. The molecule has 0 aliphatic heterocycles. The molecule has 2 N–H and O–H groups in total. The van der Waals surface area contributed by atoms with Gasteiger partial charge in [-0.25, -0.2) is 4.98 Å². The van der Waals surface area contributed by atoms with Gasteiger partial charge in [-0.15, -0.1) is 0 Å². The van der Waals surface area contributed by atoms with Gasteiger partial charge in [-0.05, 0) is 19.4 Å². The van der Waals surface area contributed by atoms with Crippen molar-refractivity contribution in [3.8, 4) is 11.5 Å². The molecule has 0 radical (unpaired) electrons. The second-order valence-electron chi connectivity index (χ2n) is 5.61. The van der Waals surface area contributed by atoms with Crippen LogP contribution in [-0.4, -0.2) is 41.8 Å². The van der Waals surface area contributed by atoms with E-state index in [1.165, 1.54) is 32.0 Å². The number of nitrogens with zero attached hydrogens (tertiary/aromatic N) is 2. The number of benzene rings is 1. The minimum Gasteiger partial charge on any atom is -0.493 e. The lowest BCUT2D eigenvalue weighted by Crippen LogP contribution is -2.30. The number of aryl methyl sites for hydroxylation is 1. The normalized spacial score (nSPS) is 11.8. The van der Waals surface area contributed by atoms with Crippen molar-refractivity contribution in [1.82, 2.24) is 9.55 Å². The Morgan fingerprint density at radius 3 is 2.50 bits per heavy atom. The van der Waals surface area contributed by atoms with Crippen LogP contribution in [0.25, 0.3) is 10.9 Å². The number of esters is 1. The highest BCUT2D eigenvalue weighted by molar-refractivity contribution is 5.82. The molecule has 140 valence electrons. The lowest BCUT2D eigenvalue weighted by Gasteiger charge is -2.11. The highest BCUT2D eigenvalue weighted by atomic mass is 16.5. The summed E-state index contributed by atoms with van der Waals surface area (Å²) in [6.45, 7) is 1.68. The number of nitrogens with two attached hydrogens (primary N) is 1. The number of carbonyl (C=O) groups is 2. The minimum absolute atomic E-state index is 0.0496. The molecular weight excluding hydrogens is 342 g/mol. The second-order valence-corrected chi connectivity index (χ2v) is 5.61. The van der Waals surface area contributed by atoms with E-state index in [2.05, 4.69) is 4.98 Å². The van der Waals surface area contributed by atoms with Crippen LogP contribution in [0.2, 0.25) is 0 Å². The molecule has 1 aromatic heterocycles. The molecule has 0 saturated carbocycles. The van der Waals surface area contributed by atoms with Gasteiger partial charge in [-0.2, -0.15) is 0 Å². The van der Waals surface area contributed by atoms with Crippen LogP contribution in [0.3, 0.4) is 0 Å². The smallest absolute Gasteiger partial charge is 0.306 e. The van der Waals surface area contributed by atoms with Crippen LogP contribution in [-0.2, 0) is 20.9 Å².